The molecule has 0 aliphatic heterocycles. The van der Waals surface area contributed by atoms with E-state index in [-0.39, 0.29) is 0 Å². The van der Waals surface area contributed by atoms with Gasteiger partial charge in [0.15, 0.2) is 9.92 Å². The minimum absolute atomic E-state index is 0.556. The number of fused-ring (bicyclic) bond motifs is 1. The van der Waals surface area contributed by atoms with Gasteiger partial charge in [0, 0.05) is 23.5 Å². The van der Waals surface area contributed by atoms with Crippen molar-refractivity contribution >= 4 is 45.0 Å². The molecule has 1 N–H and O–H groups in total. The number of benzene rings is 2. The highest BCUT2D eigenvalue weighted by Crippen LogP contribution is 2.34. The third kappa shape index (κ3) is 3.19. The number of oxazole rings is 1. The number of nitrogens with zero attached hydrogens (tertiary/aromatic N) is 3. The van der Waals surface area contributed by atoms with Gasteiger partial charge in [0.1, 0.15) is 11.3 Å². The Morgan fingerprint density at radius 1 is 1.12 bits per heavy atom. The zero-order valence-corrected chi connectivity index (χ0v) is 14.2. The van der Waals surface area contributed by atoms with Crippen molar-refractivity contribution in [3.8, 4) is 5.75 Å². The van der Waals surface area contributed by atoms with E-state index in [9.17, 15) is 0 Å². The zero-order chi connectivity index (χ0) is 16.4. The average molecular weight is 356 g/mol. The second-order valence-electron chi connectivity index (χ2n) is 4.78. The van der Waals surface area contributed by atoms with Crippen LogP contribution in [0.5, 0.6) is 5.75 Å². The van der Waals surface area contributed by atoms with Gasteiger partial charge in [0.25, 0.3) is 5.22 Å². The van der Waals surface area contributed by atoms with E-state index in [2.05, 4.69) is 20.5 Å². The summed E-state index contributed by atoms with van der Waals surface area (Å²) in [6, 6.07) is 15.3. The second kappa shape index (κ2) is 6.50. The van der Waals surface area contributed by atoms with E-state index >= 15 is 0 Å². The molecule has 0 aliphatic rings. The summed E-state index contributed by atoms with van der Waals surface area (Å²) in [4.78, 5) is 4.42. The molecule has 2 aromatic carbocycles. The lowest BCUT2D eigenvalue weighted by Gasteiger charge is -2.04. The molecule has 0 amide bonds. The number of nitrogens with one attached hydrogen (secondary N) is 1. The Balaban J connectivity index is 1.49. The van der Waals surface area contributed by atoms with Gasteiger partial charge in [-0.3, -0.25) is 0 Å². The third-order valence-electron chi connectivity index (χ3n) is 3.18. The summed E-state index contributed by atoms with van der Waals surface area (Å²) in [5.74, 6) is 0.783. The van der Waals surface area contributed by atoms with Crippen LogP contribution in [0.15, 0.2) is 62.5 Å². The quantitative estimate of drug-likeness (QED) is 0.561. The van der Waals surface area contributed by atoms with Gasteiger partial charge in [0.05, 0.1) is 7.11 Å². The van der Waals surface area contributed by atoms with Crippen LogP contribution >= 0.6 is 23.1 Å². The molecule has 6 nitrogen and oxygen atoms in total. The molecule has 24 heavy (non-hydrogen) atoms. The van der Waals surface area contributed by atoms with Gasteiger partial charge in [0.2, 0.25) is 5.13 Å². The Labute approximate surface area is 145 Å². The van der Waals surface area contributed by atoms with Crippen LogP contribution in [-0.2, 0) is 0 Å². The van der Waals surface area contributed by atoms with Crippen molar-refractivity contribution in [2.45, 2.75) is 9.56 Å². The molecule has 0 spiro atoms. The lowest BCUT2D eigenvalue weighted by Crippen LogP contribution is -1.90. The van der Waals surface area contributed by atoms with Crippen LogP contribution in [-0.4, -0.2) is 22.3 Å². The topological polar surface area (TPSA) is 73.1 Å². The lowest BCUT2D eigenvalue weighted by molar-refractivity contribution is 0.415. The van der Waals surface area contributed by atoms with E-state index in [0.717, 1.165) is 26.9 Å². The highest BCUT2D eigenvalue weighted by Gasteiger charge is 2.11. The molecular formula is C16H12N4O2S2. The van der Waals surface area contributed by atoms with Crippen LogP contribution in [0, 0.1) is 0 Å². The Morgan fingerprint density at radius 3 is 2.92 bits per heavy atom. The molecule has 0 saturated carbocycles. The number of anilines is 2. The molecule has 2 heterocycles. The molecule has 4 aromatic rings. The highest BCUT2D eigenvalue weighted by atomic mass is 32.2. The average Bonchev–Trinajstić information content (AvgIpc) is 3.21. The maximum atomic E-state index is 5.68. The number of hydrogen-bond donors (Lipinski definition) is 1. The maximum Gasteiger partial charge on any atom is 0.264 e. The predicted octanol–water partition coefficient (Wildman–Crippen LogP) is 4.58. The molecule has 120 valence electrons. The molecule has 0 aliphatic carbocycles. The second-order valence-corrected chi connectivity index (χ2v) is 6.96. The van der Waals surface area contributed by atoms with Crippen molar-refractivity contribution in [3.05, 3.63) is 48.5 Å². The van der Waals surface area contributed by atoms with E-state index in [1.54, 1.807) is 7.11 Å². The first-order valence-corrected chi connectivity index (χ1v) is 8.71. The Morgan fingerprint density at radius 2 is 2.04 bits per heavy atom. The normalized spacial score (nSPS) is 10.9. The van der Waals surface area contributed by atoms with E-state index < -0.39 is 0 Å². The fraction of sp³-hybridized carbons (Fsp3) is 0.0625. The van der Waals surface area contributed by atoms with E-state index in [0.29, 0.717) is 10.4 Å². The minimum atomic E-state index is 0.556. The van der Waals surface area contributed by atoms with Crippen molar-refractivity contribution in [1.82, 2.24) is 15.2 Å². The van der Waals surface area contributed by atoms with Crippen LogP contribution in [0.1, 0.15) is 0 Å². The summed E-state index contributed by atoms with van der Waals surface area (Å²) in [6.45, 7) is 0. The van der Waals surface area contributed by atoms with Crippen LogP contribution in [0.2, 0.25) is 0 Å². The largest absolute Gasteiger partial charge is 0.497 e. The van der Waals surface area contributed by atoms with Gasteiger partial charge in [-0.1, -0.05) is 29.5 Å². The number of ether oxygens (including phenoxy) is 1. The molecular weight excluding hydrogens is 344 g/mol. The lowest BCUT2D eigenvalue weighted by atomic mass is 10.3. The van der Waals surface area contributed by atoms with Crippen molar-refractivity contribution in [2.75, 3.05) is 12.4 Å². The molecule has 2 aromatic heterocycles. The summed E-state index contributed by atoms with van der Waals surface area (Å²) < 4.78 is 11.6. The Hall–Kier alpha value is -2.58. The first kappa shape index (κ1) is 15.0. The molecule has 0 saturated heterocycles. The number of hydrogen-bond acceptors (Lipinski definition) is 8. The van der Waals surface area contributed by atoms with Gasteiger partial charge in [-0.05, 0) is 24.3 Å². The van der Waals surface area contributed by atoms with E-state index in [1.165, 1.54) is 23.1 Å². The number of aromatic nitrogens is 3. The molecule has 0 unspecified atom stereocenters. The summed E-state index contributed by atoms with van der Waals surface area (Å²) in [7, 11) is 1.64. The monoisotopic (exact) mass is 356 g/mol. The molecule has 4 rings (SSSR count). The number of methoxy groups -OCH3 is 1. The summed E-state index contributed by atoms with van der Waals surface area (Å²) >= 11 is 2.79. The van der Waals surface area contributed by atoms with Crippen molar-refractivity contribution in [3.63, 3.8) is 0 Å². The van der Waals surface area contributed by atoms with E-state index in [4.69, 9.17) is 9.15 Å². The van der Waals surface area contributed by atoms with Gasteiger partial charge in [-0.15, -0.1) is 10.2 Å². The van der Waals surface area contributed by atoms with Crippen LogP contribution in [0.4, 0.5) is 10.8 Å². The van der Waals surface area contributed by atoms with Crippen molar-refractivity contribution < 1.29 is 9.15 Å². The SMILES string of the molecule is COc1cccc(Nc2nnc(Sc3nc4ccccc4o3)s2)c1. The molecule has 0 atom stereocenters. The summed E-state index contributed by atoms with van der Waals surface area (Å²) in [5, 5.41) is 12.8. The van der Waals surface area contributed by atoms with Gasteiger partial charge in [-0.2, -0.15) is 0 Å². The Bertz CT molecular complexity index is 950. The van der Waals surface area contributed by atoms with E-state index in [1.807, 2.05) is 48.5 Å². The number of para-hydroxylation sites is 2. The predicted molar refractivity (Wildman–Crippen MR) is 94.3 cm³/mol. The Kier molecular flexibility index (Phi) is 4.06. The van der Waals surface area contributed by atoms with Crippen molar-refractivity contribution in [1.29, 1.82) is 0 Å². The first-order valence-electron chi connectivity index (χ1n) is 7.08. The van der Waals surface area contributed by atoms with Gasteiger partial charge < -0.3 is 14.5 Å². The smallest absolute Gasteiger partial charge is 0.264 e. The molecule has 0 fully saturated rings. The van der Waals surface area contributed by atoms with Crippen LogP contribution in [0.25, 0.3) is 11.1 Å². The zero-order valence-electron chi connectivity index (χ0n) is 12.6. The first-order chi connectivity index (χ1) is 11.8. The van der Waals surface area contributed by atoms with Crippen molar-refractivity contribution in [2.24, 2.45) is 0 Å². The fourth-order valence-corrected chi connectivity index (χ4v) is 3.72. The minimum Gasteiger partial charge on any atom is -0.497 e. The molecule has 0 bridgehead atoms. The van der Waals surface area contributed by atoms with Crippen LogP contribution in [0.3, 0.4) is 0 Å². The summed E-state index contributed by atoms with van der Waals surface area (Å²) in [6.07, 6.45) is 0. The molecule has 0 radical (unpaired) electrons. The maximum absolute atomic E-state index is 5.68. The van der Waals surface area contributed by atoms with Gasteiger partial charge >= 0.3 is 0 Å². The fourth-order valence-electron chi connectivity index (χ4n) is 2.10. The third-order valence-corrected chi connectivity index (χ3v) is 4.92. The highest BCUT2D eigenvalue weighted by molar-refractivity contribution is 8.00. The molecule has 8 heteroatoms. The standard InChI is InChI=1S/C16H12N4O2S2/c1-21-11-6-4-5-10(9-11)17-14-19-20-16(23-14)24-15-18-12-7-2-3-8-13(12)22-15/h2-9H,1H3,(H,17,19). The summed E-state index contributed by atoms with van der Waals surface area (Å²) in [5.41, 5.74) is 2.49. The van der Waals surface area contributed by atoms with Crippen LogP contribution < -0.4 is 10.1 Å². The van der Waals surface area contributed by atoms with Gasteiger partial charge in [-0.25, -0.2) is 4.98 Å². The number of rotatable bonds is 5.